The van der Waals surface area contributed by atoms with Crippen molar-refractivity contribution in [1.82, 2.24) is 0 Å². The van der Waals surface area contributed by atoms with Gasteiger partial charge in [-0.25, -0.2) is 19.2 Å². The van der Waals surface area contributed by atoms with Crippen LogP contribution in [0.2, 0.25) is 0 Å². The van der Waals surface area contributed by atoms with E-state index >= 15 is 0 Å². The van der Waals surface area contributed by atoms with Crippen molar-refractivity contribution in [2.45, 2.75) is 63.2 Å². The molecule has 4 rings (SSSR count). The molecule has 0 bridgehead atoms. The number of hydrogen-bond donors (Lipinski definition) is 3. The van der Waals surface area contributed by atoms with E-state index in [0.29, 0.717) is 5.56 Å². The van der Waals surface area contributed by atoms with E-state index in [1.165, 1.54) is 82.3 Å². The van der Waals surface area contributed by atoms with Crippen LogP contribution < -0.4 is 15.2 Å². The number of aliphatic carboxylic acids is 1. The molecular weight excluding hydrogens is 710 g/mol. The molecule has 1 unspecified atom stereocenters. The van der Waals surface area contributed by atoms with E-state index in [2.05, 4.69) is 0 Å². The average molecular weight is 750 g/mol. The largest absolute Gasteiger partial charge is 0.480 e. The van der Waals surface area contributed by atoms with Gasteiger partial charge in [0.1, 0.15) is 6.04 Å². The van der Waals surface area contributed by atoms with Crippen LogP contribution in [0, 0.1) is 6.92 Å². The lowest BCUT2D eigenvalue weighted by atomic mass is 10.1. The first-order chi connectivity index (χ1) is 24.7. The Morgan fingerprint density at radius 3 is 1.53 bits per heavy atom. The van der Waals surface area contributed by atoms with Gasteiger partial charge in [0.25, 0.3) is 10.1 Å². The van der Waals surface area contributed by atoms with Crippen molar-refractivity contribution in [2.75, 3.05) is 0 Å². The normalized spacial score (nSPS) is 11.9. The van der Waals surface area contributed by atoms with Gasteiger partial charge in [-0.3, -0.25) is 9.35 Å². The summed E-state index contributed by atoms with van der Waals surface area (Å²) in [6.07, 6.45) is -0.138. The third kappa shape index (κ3) is 12.4. The molecule has 4 aromatic carbocycles. The number of carboxylic acid groups (broad SMARTS) is 1. The van der Waals surface area contributed by atoms with E-state index in [1.807, 2.05) is 6.92 Å². The molecule has 53 heavy (non-hydrogen) atoms. The second-order valence-electron chi connectivity index (χ2n) is 12.5. The molecule has 0 saturated carbocycles. The van der Waals surface area contributed by atoms with E-state index in [0.717, 1.165) is 5.56 Å². The fourth-order valence-corrected chi connectivity index (χ4v) is 4.63. The summed E-state index contributed by atoms with van der Waals surface area (Å²) in [5, 5.41) is 9.19. The fraction of sp³-hybridized carbons (Fsp3) is 0.237. The third-order valence-electron chi connectivity index (χ3n) is 7.20. The van der Waals surface area contributed by atoms with Crippen LogP contribution >= 0.6 is 0 Å². The molecular formula is C38H39NO13S. The van der Waals surface area contributed by atoms with Gasteiger partial charge in [0.05, 0.1) is 16.0 Å². The highest BCUT2D eigenvalue weighted by atomic mass is 32.2. The summed E-state index contributed by atoms with van der Waals surface area (Å²) >= 11 is 0. The Labute approximate surface area is 306 Å². The predicted octanol–water partition coefficient (Wildman–Crippen LogP) is 4.96. The highest BCUT2D eigenvalue weighted by Crippen LogP contribution is 2.32. The minimum atomic E-state index is -4.02. The van der Waals surface area contributed by atoms with E-state index in [4.69, 9.17) is 29.2 Å². The maximum atomic E-state index is 13.2. The van der Waals surface area contributed by atoms with Crippen LogP contribution in [0.4, 0.5) is 0 Å². The predicted molar refractivity (Wildman–Crippen MR) is 190 cm³/mol. The van der Waals surface area contributed by atoms with Gasteiger partial charge in [-0.15, -0.1) is 0 Å². The number of hydrogen-bond acceptors (Lipinski definition) is 12. The summed E-state index contributed by atoms with van der Waals surface area (Å²) in [5.74, 6) is -5.31. The van der Waals surface area contributed by atoms with E-state index in [-0.39, 0.29) is 33.9 Å². The first-order valence-corrected chi connectivity index (χ1v) is 17.3. The number of rotatable bonds is 12. The Kier molecular flexibility index (Phi) is 13.7. The zero-order valence-corrected chi connectivity index (χ0v) is 30.3. The van der Waals surface area contributed by atoms with Gasteiger partial charge >= 0.3 is 29.8 Å². The summed E-state index contributed by atoms with van der Waals surface area (Å²) in [7, 11) is -4.02. The van der Waals surface area contributed by atoms with Crippen LogP contribution in [0.5, 0.6) is 11.5 Å². The van der Waals surface area contributed by atoms with E-state index in [9.17, 15) is 37.5 Å². The molecule has 1 atom stereocenters. The molecule has 0 aliphatic carbocycles. The van der Waals surface area contributed by atoms with Crippen molar-refractivity contribution >= 4 is 40.0 Å². The molecule has 0 spiro atoms. The molecule has 4 aromatic rings. The molecule has 280 valence electrons. The third-order valence-corrected chi connectivity index (χ3v) is 8.07. The zero-order valence-electron chi connectivity index (χ0n) is 29.5. The molecule has 0 saturated heterocycles. The Morgan fingerprint density at radius 1 is 0.679 bits per heavy atom. The van der Waals surface area contributed by atoms with Gasteiger partial charge < -0.3 is 29.8 Å². The van der Waals surface area contributed by atoms with Crippen molar-refractivity contribution in [1.29, 1.82) is 0 Å². The van der Waals surface area contributed by atoms with Gasteiger partial charge in [-0.05, 0) is 95.1 Å². The van der Waals surface area contributed by atoms with Crippen molar-refractivity contribution in [3.8, 4) is 11.5 Å². The van der Waals surface area contributed by atoms with Crippen molar-refractivity contribution in [3.63, 3.8) is 0 Å². The number of aryl methyl sites for hydroxylation is 1. The lowest BCUT2D eigenvalue weighted by Gasteiger charge is -2.25. The summed E-state index contributed by atoms with van der Waals surface area (Å²) in [5.41, 5.74) is 3.84. The van der Waals surface area contributed by atoms with Crippen molar-refractivity contribution in [3.05, 3.63) is 125 Å². The monoisotopic (exact) mass is 749 g/mol. The lowest BCUT2D eigenvalue weighted by molar-refractivity contribution is -0.155. The molecule has 0 aromatic heterocycles. The van der Waals surface area contributed by atoms with Gasteiger partial charge in [0.2, 0.25) is 11.2 Å². The average Bonchev–Trinajstić information content (AvgIpc) is 3.09. The quantitative estimate of drug-likeness (QED) is 0.0989. The van der Waals surface area contributed by atoms with Crippen LogP contribution in [-0.2, 0) is 40.4 Å². The number of nitrogens with two attached hydrogens (primary N) is 1. The molecule has 0 aliphatic rings. The van der Waals surface area contributed by atoms with Crippen molar-refractivity contribution in [2.24, 2.45) is 5.73 Å². The SMILES string of the molecule is CC(C)(OC(=O)c1ccccc1)C(=O)Oc1ccc(CC(N)C(=O)O)cc1OC(=O)C(C)(C)OC(=O)c1ccccc1.Cc1ccc(S(=O)(=O)O)cc1. The van der Waals surface area contributed by atoms with Crippen LogP contribution in [0.3, 0.4) is 0 Å². The van der Waals surface area contributed by atoms with Gasteiger partial charge in [-0.2, -0.15) is 8.42 Å². The maximum absolute atomic E-state index is 13.2. The minimum absolute atomic E-state index is 0.0666. The number of carboxylic acids is 1. The number of carbonyl (C=O) groups is 5. The van der Waals surface area contributed by atoms with Gasteiger partial charge in [0, 0.05) is 0 Å². The Hall–Kier alpha value is -5.90. The molecule has 0 aliphatic heterocycles. The first kappa shape index (κ1) is 41.5. The number of carbonyl (C=O) groups excluding carboxylic acids is 4. The van der Waals surface area contributed by atoms with E-state index < -0.39 is 57.2 Å². The minimum Gasteiger partial charge on any atom is -0.480 e. The first-order valence-electron chi connectivity index (χ1n) is 15.9. The molecule has 0 radical (unpaired) electrons. The summed E-state index contributed by atoms with van der Waals surface area (Å²) in [4.78, 5) is 62.5. The molecule has 15 heteroatoms. The molecule has 0 heterocycles. The topological polar surface area (TPSA) is 223 Å². The van der Waals surface area contributed by atoms with Crippen LogP contribution in [-0.4, -0.2) is 65.2 Å². The Balaban J connectivity index is 0.000000586. The smallest absolute Gasteiger partial charge is 0.355 e. The molecule has 4 N–H and O–H groups in total. The highest BCUT2D eigenvalue weighted by molar-refractivity contribution is 7.85. The number of ether oxygens (including phenoxy) is 4. The Morgan fingerprint density at radius 2 is 1.11 bits per heavy atom. The van der Waals surface area contributed by atoms with Gasteiger partial charge in [-0.1, -0.05) is 60.2 Å². The summed E-state index contributed by atoms with van der Waals surface area (Å²) < 4.78 is 51.3. The van der Waals surface area contributed by atoms with Crippen LogP contribution in [0.25, 0.3) is 0 Å². The summed E-state index contributed by atoms with van der Waals surface area (Å²) in [6.45, 7) is 7.13. The molecule has 14 nitrogen and oxygen atoms in total. The maximum Gasteiger partial charge on any atom is 0.355 e. The van der Waals surface area contributed by atoms with E-state index in [1.54, 1.807) is 48.5 Å². The molecule has 0 amide bonds. The van der Waals surface area contributed by atoms with Gasteiger partial charge in [0.15, 0.2) is 11.5 Å². The standard InChI is InChI=1S/C31H31NO10.C7H8O3S/c1-30(2,41-26(35)20-11-7-5-8-12-20)28(37)39-23-16-15-19(17-22(32)25(33)34)18-24(23)40-29(38)31(3,4)42-27(36)21-13-9-6-10-14-21;1-6-2-4-7(5-3-6)11(8,9)10/h5-16,18,22H,17,32H2,1-4H3,(H,33,34);2-5H,1H3,(H,8,9,10). The van der Waals surface area contributed by atoms with Crippen molar-refractivity contribution < 1.29 is 61.0 Å². The fourth-order valence-electron chi connectivity index (χ4n) is 4.15. The number of esters is 4. The lowest BCUT2D eigenvalue weighted by Crippen LogP contribution is -2.41. The second kappa shape index (κ2) is 17.5. The number of benzene rings is 4. The zero-order chi connectivity index (χ0) is 39.6. The highest BCUT2D eigenvalue weighted by Gasteiger charge is 2.38. The Bertz CT molecular complexity index is 2040. The molecule has 0 fully saturated rings. The van der Waals surface area contributed by atoms with Crippen LogP contribution in [0.1, 0.15) is 59.5 Å². The van der Waals surface area contributed by atoms with Crippen LogP contribution in [0.15, 0.2) is 108 Å². The second-order valence-corrected chi connectivity index (χ2v) is 14.0. The summed E-state index contributed by atoms with van der Waals surface area (Å²) in [6, 6.07) is 24.8.